The lowest BCUT2D eigenvalue weighted by molar-refractivity contribution is -0.253. The zero-order valence-electron chi connectivity index (χ0n) is 21.4. The van der Waals surface area contributed by atoms with E-state index >= 15 is 0 Å². The lowest BCUT2D eigenvalue weighted by Gasteiger charge is -2.37. The van der Waals surface area contributed by atoms with Crippen molar-refractivity contribution in [3.63, 3.8) is 0 Å². The maximum Gasteiger partial charge on any atom is 0.461 e. The molecule has 3 aromatic carbocycles. The molecule has 1 aliphatic rings. The number of carboxylic acids is 1. The number of hydrogen-bond donors (Lipinski definition) is 3. The van der Waals surface area contributed by atoms with Gasteiger partial charge < -0.3 is 20.5 Å². The fraction of sp³-hybridized carbons (Fsp3) is 0.310. The highest BCUT2D eigenvalue weighted by atomic mass is 19.3. The zero-order chi connectivity index (χ0) is 29.8. The van der Waals surface area contributed by atoms with Crippen LogP contribution in [0.3, 0.4) is 0 Å². The number of rotatable bonds is 10. The minimum Gasteiger partial charge on any atom is -0.481 e. The van der Waals surface area contributed by atoms with Crippen LogP contribution in [0.25, 0.3) is 0 Å². The molecule has 1 aliphatic carbocycles. The van der Waals surface area contributed by atoms with Crippen LogP contribution in [0.15, 0.2) is 72.8 Å². The minimum absolute atomic E-state index is 0.131. The Morgan fingerprint density at radius 1 is 0.927 bits per heavy atom. The second-order valence-corrected chi connectivity index (χ2v) is 9.80. The van der Waals surface area contributed by atoms with Crippen LogP contribution < -0.4 is 15.4 Å². The summed E-state index contributed by atoms with van der Waals surface area (Å²) in [4.78, 5) is 25.1. The Balaban J connectivity index is 1.85. The van der Waals surface area contributed by atoms with Crippen molar-refractivity contribution in [3.05, 3.63) is 101 Å². The summed E-state index contributed by atoms with van der Waals surface area (Å²) in [7, 11) is 0. The van der Waals surface area contributed by atoms with Crippen molar-refractivity contribution in [2.24, 2.45) is 5.92 Å². The number of urea groups is 1. The SMILES string of the molecule is O=C(NC1CCC[C@@H]1C(=O)O)N[C@](Cc1ccccc1)(c1ccc(F)cc1)c1cc(F)cc(OC(F)(F)C(F)F)c1. The average Bonchev–Trinajstić information content (AvgIpc) is 3.37. The van der Waals surface area contributed by atoms with Gasteiger partial charge in [0, 0.05) is 18.5 Å². The molecule has 1 fully saturated rings. The lowest BCUT2D eigenvalue weighted by atomic mass is 9.77. The molecule has 4 rings (SSSR count). The molecular formula is C29H26F6N2O4. The van der Waals surface area contributed by atoms with Crippen LogP contribution in [0, 0.1) is 17.6 Å². The van der Waals surface area contributed by atoms with E-state index < -0.39 is 59.4 Å². The van der Waals surface area contributed by atoms with E-state index in [0.29, 0.717) is 30.9 Å². The van der Waals surface area contributed by atoms with Crippen molar-refractivity contribution < 1.29 is 45.8 Å². The van der Waals surface area contributed by atoms with Gasteiger partial charge in [0.05, 0.1) is 11.5 Å². The van der Waals surface area contributed by atoms with E-state index in [4.69, 9.17) is 0 Å². The Hall–Kier alpha value is -4.22. The van der Waals surface area contributed by atoms with E-state index in [1.165, 1.54) is 12.1 Å². The highest BCUT2D eigenvalue weighted by molar-refractivity contribution is 5.78. The van der Waals surface area contributed by atoms with Crippen molar-refractivity contribution in [3.8, 4) is 5.75 Å². The number of aliphatic carboxylic acids is 1. The second kappa shape index (κ2) is 12.1. The average molecular weight is 581 g/mol. The van der Waals surface area contributed by atoms with Gasteiger partial charge in [-0.3, -0.25) is 4.79 Å². The number of carbonyl (C=O) groups is 2. The Morgan fingerprint density at radius 3 is 2.24 bits per heavy atom. The molecule has 0 bridgehead atoms. The molecule has 41 heavy (non-hydrogen) atoms. The maximum absolute atomic E-state index is 14.9. The quantitative estimate of drug-likeness (QED) is 0.248. The number of nitrogens with one attached hydrogen (secondary N) is 2. The Bertz CT molecular complexity index is 1370. The highest BCUT2D eigenvalue weighted by Gasteiger charge is 2.45. The topological polar surface area (TPSA) is 87.7 Å². The highest BCUT2D eigenvalue weighted by Crippen LogP contribution is 2.38. The molecule has 0 aromatic heterocycles. The summed E-state index contributed by atoms with van der Waals surface area (Å²) in [6.07, 6.45) is -8.00. The molecule has 0 heterocycles. The number of amides is 2. The molecular weight excluding hydrogens is 554 g/mol. The van der Waals surface area contributed by atoms with E-state index in [2.05, 4.69) is 15.4 Å². The van der Waals surface area contributed by atoms with E-state index in [0.717, 1.165) is 24.3 Å². The number of benzene rings is 3. The van der Waals surface area contributed by atoms with Gasteiger partial charge >= 0.3 is 24.5 Å². The normalized spacial score (nSPS) is 18.5. The fourth-order valence-corrected chi connectivity index (χ4v) is 5.09. The molecule has 3 N–H and O–H groups in total. The monoisotopic (exact) mass is 580 g/mol. The summed E-state index contributed by atoms with van der Waals surface area (Å²) in [5.41, 5.74) is -1.21. The number of carbonyl (C=O) groups excluding carboxylic acids is 1. The molecule has 3 aromatic rings. The van der Waals surface area contributed by atoms with Crippen LogP contribution >= 0.6 is 0 Å². The van der Waals surface area contributed by atoms with Gasteiger partial charge in [0.1, 0.15) is 17.4 Å². The van der Waals surface area contributed by atoms with Crippen molar-refractivity contribution in [1.82, 2.24) is 10.6 Å². The number of halogens is 6. The van der Waals surface area contributed by atoms with Gasteiger partial charge in [-0.2, -0.15) is 17.6 Å². The molecule has 12 heteroatoms. The summed E-state index contributed by atoms with van der Waals surface area (Å²) in [5.74, 6) is -4.64. The van der Waals surface area contributed by atoms with Gasteiger partial charge in [-0.05, 0) is 53.8 Å². The third-order valence-corrected chi connectivity index (χ3v) is 7.00. The summed E-state index contributed by atoms with van der Waals surface area (Å²) in [6.45, 7) is 0. The van der Waals surface area contributed by atoms with Crippen molar-refractivity contribution in [2.75, 3.05) is 0 Å². The largest absolute Gasteiger partial charge is 0.481 e. The molecule has 2 amide bonds. The summed E-state index contributed by atoms with van der Waals surface area (Å²) in [5, 5.41) is 14.9. The minimum atomic E-state index is -4.94. The van der Waals surface area contributed by atoms with Crippen molar-refractivity contribution in [2.45, 2.75) is 49.8 Å². The second-order valence-electron chi connectivity index (χ2n) is 9.80. The number of alkyl halides is 4. The first-order valence-corrected chi connectivity index (χ1v) is 12.7. The summed E-state index contributed by atoms with van der Waals surface area (Å²) in [6, 6.07) is 13.9. The van der Waals surface area contributed by atoms with Crippen molar-refractivity contribution >= 4 is 12.0 Å². The van der Waals surface area contributed by atoms with Crippen LogP contribution in [0.4, 0.5) is 31.1 Å². The van der Waals surface area contributed by atoms with Gasteiger partial charge in [-0.1, -0.05) is 48.9 Å². The first kappa shape index (κ1) is 29.8. The lowest BCUT2D eigenvalue weighted by Crippen LogP contribution is -2.55. The number of hydrogen-bond acceptors (Lipinski definition) is 3. The van der Waals surface area contributed by atoms with Crippen LogP contribution in [0.5, 0.6) is 5.75 Å². The van der Waals surface area contributed by atoms with Crippen LogP contribution in [0.2, 0.25) is 0 Å². The number of ether oxygens (including phenoxy) is 1. The molecule has 6 nitrogen and oxygen atoms in total. The molecule has 1 saturated carbocycles. The van der Waals surface area contributed by atoms with Gasteiger partial charge in [-0.25, -0.2) is 13.6 Å². The molecule has 3 atom stereocenters. The molecule has 0 saturated heterocycles. The van der Waals surface area contributed by atoms with E-state index in [1.807, 2.05) is 0 Å². The first-order chi connectivity index (χ1) is 19.4. The van der Waals surface area contributed by atoms with Crippen LogP contribution in [-0.2, 0) is 16.8 Å². The van der Waals surface area contributed by atoms with Crippen molar-refractivity contribution in [1.29, 1.82) is 0 Å². The smallest absolute Gasteiger partial charge is 0.461 e. The summed E-state index contributed by atoms with van der Waals surface area (Å²) < 4.78 is 86.3. The zero-order valence-corrected chi connectivity index (χ0v) is 21.4. The standard InChI is InChI=1S/C29H26F6N2O4/c30-20-11-9-18(10-12-20)28(16-17-5-2-1-3-6-17,37-27(40)36-24-8-4-7-23(24)25(38)39)19-13-21(31)15-22(14-19)41-29(34,35)26(32)33/h1-3,5-6,9-15,23-24,26H,4,7-8,16H2,(H,38,39)(H2,36,37,40)/t23-,24?,28+/m0/s1. The predicted octanol–water partition coefficient (Wildman–Crippen LogP) is 6.24. The predicted molar refractivity (Wildman–Crippen MR) is 136 cm³/mol. The van der Waals surface area contributed by atoms with E-state index in [1.54, 1.807) is 30.3 Å². The summed E-state index contributed by atoms with van der Waals surface area (Å²) >= 11 is 0. The van der Waals surface area contributed by atoms with Gasteiger partial charge in [0.2, 0.25) is 0 Å². The Labute approximate surface area is 231 Å². The first-order valence-electron chi connectivity index (χ1n) is 12.7. The molecule has 0 spiro atoms. The van der Waals surface area contributed by atoms with E-state index in [-0.39, 0.29) is 17.5 Å². The molecule has 218 valence electrons. The molecule has 0 aliphatic heterocycles. The third kappa shape index (κ3) is 6.93. The van der Waals surface area contributed by atoms with Gasteiger partial charge in [0.15, 0.2) is 0 Å². The van der Waals surface area contributed by atoms with Crippen LogP contribution in [0.1, 0.15) is 36.0 Å². The van der Waals surface area contributed by atoms with E-state index in [9.17, 15) is 41.0 Å². The van der Waals surface area contributed by atoms with Crippen LogP contribution in [-0.4, -0.2) is 35.7 Å². The van der Waals surface area contributed by atoms with Gasteiger partial charge in [-0.15, -0.1) is 0 Å². The Kier molecular flexibility index (Phi) is 8.79. The van der Waals surface area contributed by atoms with Gasteiger partial charge in [0.25, 0.3) is 0 Å². The Morgan fingerprint density at radius 2 is 1.61 bits per heavy atom. The molecule has 0 radical (unpaired) electrons. The third-order valence-electron chi connectivity index (χ3n) is 7.00. The number of carboxylic acid groups (broad SMARTS) is 1. The maximum atomic E-state index is 14.9. The molecule has 1 unspecified atom stereocenters. The fourth-order valence-electron chi connectivity index (χ4n) is 5.09.